The molecule has 142 valence electrons. The molecule has 0 aliphatic carbocycles. The van der Waals surface area contributed by atoms with E-state index in [0.29, 0.717) is 32.5 Å². The number of halogens is 2. The molecule has 1 N–H and O–H groups in total. The molecule has 1 fully saturated rings. The second-order valence-electron chi connectivity index (χ2n) is 5.70. The van der Waals surface area contributed by atoms with Crippen LogP contribution < -0.4 is 5.32 Å². The molecule has 1 aliphatic heterocycles. The van der Waals surface area contributed by atoms with Crippen LogP contribution in [0.1, 0.15) is 30.1 Å². The van der Waals surface area contributed by atoms with Gasteiger partial charge >= 0.3 is 12.1 Å². The van der Waals surface area contributed by atoms with Crippen LogP contribution in [0.4, 0.5) is 4.79 Å². The minimum atomic E-state index is -0.757. The lowest BCUT2D eigenvalue weighted by Crippen LogP contribution is -2.47. The van der Waals surface area contributed by atoms with Gasteiger partial charge in [-0.1, -0.05) is 29.3 Å². The third kappa shape index (κ3) is 5.51. The van der Waals surface area contributed by atoms with Crippen molar-refractivity contribution < 1.29 is 23.9 Å². The summed E-state index contributed by atoms with van der Waals surface area (Å²) in [6.45, 7) is 2.65. The van der Waals surface area contributed by atoms with Gasteiger partial charge in [0.1, 0.15) is 0 Å². The number of carbonyl (C=O) groups excluding carboxylic acids is 3. The molecule has 9 heteroatoms. The van der Waals surface area contributed by atoms with E-state index in [0.717, 1.165) is 0 Å². The summed E-state index contributed by atoms with van der Waals surface area (Å²) in [4.78, 5) is 37.2. The number of amides is 2. The van der Waals surface area contributed by atoms with Crippen LogP contribution in [0.5, 0.6) is 0 Å². The Morgan fingerprint density at radius 3 is 2.35 bits per heavy atom. The highest BCUT2D eigenvalue weighted by Crippen LogP contribution is 2.24. The average molecular weight is 403 g/mol. The van der Waals surface area contributed by atoms with E-state index in [1.165, 1.54) is 12.1 Å². The molecule has 0 radical (unpaired) electrons. The number of benzene rings is 1. The monoisotopic (exact) mass is 402 g/mol. The van der Waals surface area contributed by atoms with Crippen molar-refractivity contribution in [2.24, 2.45) is 0 Å². The normalized spacial score (nSPS) is 14.7. The van der Waals surface area contributed by atoms with Crippen LogP contribution in [0.25, 0.3) is 0 Å². The van der Waals surface area contributed by atoms with Crippen molar-refractivity contribution in [3.63, 3.8) is 0 Å². The molecule has 1 aromatic rings. The third-order valence-corrected chi connectivity index (χ3v) is 4.52. The lowest BCUT2D eigenvalue weighted by atomic mass is 10.1. The summed E-state index contributed by atoms with van der Waals surface area (Å²) in [5.74, 6) is -1.18. The summed E-state index contributed by atoms with van der Waals surface area (Å²) >= 11 is 11.9. The lowest BCUT2D eigenvalue weighted by molar-refractivity contribution is -0.125. The summed E-state index contributed by atoms with van der Waals surface area (Å²) in [6, 6.07) is 4.55. The number of likely N-dealkylation sites (tertiary alicyclic amines) is 1. The molecule has 1 aliphatic rings. The number of piperidine rings is 1. The van der Waals surface area contributed by atoms with E-state index in [1.807, 2.05) is 0 Å². The van der Waals surface area contributed by atoms with Crippen molar-refractivity contribution in [2.45, 2.75) is 25.8 Å². The Morgan fingerprint density at radius 2 is 1.77 bits per heavy atom. The van der Waals surface area contributed by atoms with Crippen molar-refractivity contribution in [3.8, 4) is 0 Å². The van der Waals surface area contributed by atoms with Gasteiger partial charge in [-0.3, -0.25) is 4.79 Å². The number of ether oxygens (including phenoxy) is 2. The Hall–Kier alpha value is -1.99. The first-order valence-electron chi connectivity index (χ1n) is 8.24. The van der Waals surface area contributed by atoms with Crippen molar-refractivity contribution in [2.75, 3.05) is 26.3 Å². The van der Waals surface area contributed by atoms with E-state index in [2.05, 4.69) is 5.32 Å². The van der Waals surface area contributed by atoms with Gasteiger partial charge in [-0.15, -0.1) is 0 Å². The molecule has 0 atom stereocenters. The maximum Gasteiger partial charge on any atom is 0.409 e. The fraction of sp³-hybridized carbons (Fsp3) is 0.471. The third-order valence-electron chi connectivity index (χ3n) is 3.89. The van der Waals surface area contributed by atoms with E-state index in [1.54, 1.807) is 17.9 Å². The van der Waals surface area contributed by atoms with Crippen molar-refractivity contribution in [1.82, 2.24) is 10.2 Å². The average Bonchev–Trinajstić information content (AvgIpc) is 2.60. The Kier molecular flexibility index (Phi) is 7.53. The van der Waals surface area contributed by atoms with Gasteiger partial charge in [-0.2, -0.15) is 0 Å². The van der Waals surface area contributed by atoms with Crippen molar-refractivity contribution in [3.05, 3.63) is 33.8 Å². The van der Waals surface area contributed by atoms with E-state index >= 15 is 0 Å². The minimum Gasteiger partial charge on any atom is -0.452 e. The highest BCUT2D eigenvalue weighted by atomic mass is 35.5. The van der Waals surface area contributed by atoms with Crippen LogP contribution in [-0.4, -0.2) is 55.2 Å². The Balaban J connectivity index is 1.76. The molecule has 0 spiro atoms. The van der Waals surface area contributed by atoms with E-state index in [-0.39, 0.29) is 27.7 Å². The molecule has 1 aromatic carbocycles. The summed E-state index contributed by atoms with van der Waals surface area (Å²) in [6.07, 6.45) is 0.867. The van der Waals surface area contributed by atoms with Crippen LogP contribution >= 0.6 is 23.2 Å². The molecule has 2 amide bonds. The van der Waals surface area contributed by atoms with Gasteiger partial charge in [0.05, 0.1) is 22.2 Å². The first kappa shape index (κ1) is 20.3. The summed E-state index contributed by atoms with van der Waals surface area (Å²) in [5, 5.41) is 3.11. The van der Waals surface area contributed by atoms with Gasteiger partial charge in [0.15, 0.2) is 6.61 Å². The molecule has 0 aromatic heterocycles. The van der Waals surface area contributed by atoms with Gasteiger partial charge in [0.2, 0.25) is 0 Å². The molecular weight excluding hydrogens is 383 g/mol. The summed E-state index contributed by atoms with van der Waals surface area (Å²) in [5.41, 5.74) is 0.0337. The zero-order chi connectivity index (χ0) is 19.1. The van der Waals surface area contributed by atoms with Crippen LogP contribution in [0.15, 0.2) is 18.2 Å². The predicted octanol–water partition coefficient (Wildman–Crippen LogP) is 2.89. The molecule has 7 nitrogen and oxygen atoms in total. The standard InChI is InChI=1S/C17H20Cl2N2O5/c1-2-25-17(24)21-8-6-11(7-9-21)20-14(22)10-26-16(23)15-12(18)4-3-5-13(15)19/h3-5,11H,2,6-10H2,1H3,(H,20,22). The Bertz CT molecular complexity index is 655. The number of nitrogens with zero attached hydrogens (tertiary/aromatic N) is 1. The zero-order valence-corrected chi connectivity index (χ0v) is 15.8. The highest BCUT2D eigenvalue weighted by Gasteiger charge is 2.25. The zero-order valence-electron chi connectivity index (χ0n) is 14.3. The van der Waals surface area contributed by atoms with Crippen molar-refractivity contribution in [1.29, 1.82) is 0 Å². The molecule has 2 rings (SSSR count). The second kappa shape index (κ2) is 9.64. The SMILES string of the molecule is CCOC(=O)N1CCC(NC(=O)COC(=O)c2c(Cl)cccc2Cl)CC1. The molecule has 1 saturated heterocycles. The molecular formula is C17H20Cl2N2O5. The number of nitrogens with one attached hydrogen (secondary N) is 1. The van der Waals surface area contributed by atoms with Gasteiger partial charge < -0.3 is 19.7 Å². The van der Waals surface area contributed by atoms with Gasteiger partial charge in [-0.25, -0.2) is 9.59 Å². The van der Waals surface area contributed by atoms with Gasteiger partial charge in [0, 0.05) is 19.1 Å². The van der Waals surface area contributed by atoms with E-state index < -0.39 is 18.5 Å². The van der Waals surface area contributed by atoms with Crippen LogP contribution in [0.2, 0.25) is 10.0 Å². The van der Waals surface area contributed by atoms with Crippen LogP contribution in [-0.2, 0) is 14.3 Å². The second-order valence-corrected chi connectivity index (χ2v) is 6.51. The first-order chi connectivity index (χ1) is 12.4. The molecule has 0 saturated carbocycles. The van der Waals surface area contributed by atoms with E-state index in [9.17, 15) is 14.4 Å². The highest BCUT2D eigenvalue weighted by molar-refractivity contribution is 6.39. The topological polar surface area (TPSA) is 84.9 Å². The number of esters is 1. The maximum atomic E-state index is 12.0. The Morgan fingerprint density at radius 1 is 1.15 bits per heavy atom. The predicted molar refractivity (Wildman–Crippen MR) is 96.5 cm³/mol. The van der Waals surface area contributed by atoms with E-state index in [4.69, 9.17) is 32.7 Å². The minimum absolute atomic E-state index is 0.0337. The van der Waals surface area contributed by atoms with Crippen LogP contribution in [0.3, 0.4) is 0 Å². The summed E-state index contributed by atoms with van der Waals surface area (Å²) in [7, 11) is 0. The quantitative estimate of drug-likeness (QED) is 0.765. The maximum absolute atomic E-state index is 12.0. The number of hydrogen-bond donors (Lipinski definition) is 1. The molecule has 26 heavy (non-hydrogen) atoms. The van der Waals surface area contributed by atoms with Gasteiger partial charge in [-0.05, 0) is 31.9 Å². The number of hydrogen-bond acceptors (Lipinski definition) is 5. The number of carbonyl (C=O) groups is 3. The smallest absolute Gasteiger partial charge is 0.409 e. The lowest BCUT2D eigenvalue weighted by Gasteiger charge is -2.31. The van der Waals surface area contributed by atoms with Gasteiger partial charge in [0.25, 0.3) is 5.91 Å². The molecule has 0 bridgehead atoms. The Labute approximate surface area is 161 Å². The first-order valence-corrected chi connectivity index (χ1v) is 9.00. The van der Waals surface area contributed by atoms with Crippen molar-refractivity contribution >= 4 is 41.2 Å². The number of rotatable bonds is 5. The molecule has 1 heterocycles. The summed E-state index contributed by atoms with van der Waals surface area (Å²) < 4.78 is 9.92. The fourth-order valence-electron chi connectivity index (χ4n) is 2.59. The molecule has 0 unspecified atom stereocenters. The fourth-order valence-corrected chi connectivity index (χ4v) is 3.14. The van der Waals surface area contributed by atoms with Crippen LogP contribution in [0, 0.1) is 0 Å². The largest absolute Gasteiger partial charge is 0.452 e.